The van der Waals surface area contributed by atoms with Gasteiger partial charge in [-0.1, -0.05) is 12.1 Å². The first-order valence-electron chi connectivity index (χ1n) is 6.02. The summed E-state index contributed by atoms with van der Waals surface area (Å²) in [6.45, 7) is 0.0504. The van der Waals surface area contributed by atoms with Gasteiger partial charge in [-0.2, -0.15) is 13.2 Å². The van der Waals surface area contributed by atoms with Crippen LogP contribution in [0.3, 0.4) is 0 Å². The number of rotatable bonds is 4. The van der Waals surface area contributed by atoms with Gasteiger partial charge in [0.1, 0.15) is 18.1 Å². The maximum Gasteiger partial charge on any atom is 0.416 e. The van der Waals surface area contributed by atoms with Crippen LogP contribution >= 0.6 is 15.9 Å². The standard InChI is InChI=1S/C15H12BrF3O2/c1-20-12-5-6-14(13(16)8-12)21-9-10-3-2-4-11(7-10)15(17,18)19/h2-8H,9H2,1H3. The molecule has 0 aromatic heterocycles. The Morgan fingerprint density at radius 2 is 1.86 bits per heavy atom. The Balaban J connectivity index is 2.10. The van der Waals surface area contributed by atoms with Gasteiger partial charge in [0.15, 0.2) is 0 Å². The van der Waals surface area contributed by atoms with E-state index in [1.54, 1.807) is 31.4 Å². The van der Waals surface area contributed by atoms with E-state index < -0.39 is 11.7 Å². The van der Waals surface area contributed by atoms with E-state index in [1.807, 2.05) is 0 Å². The van der Waals surface area contributed by atoms with Crippen LogP contribution in [0.15, 0.2) is 46.9 Å². The molecule has 21 heavy (non-hydrogen) atoms. The number of hydrogen-bond acceptors (Lipinski definition) is 2. The van der Waals surface area contributed by atoms with Gasteiger partial charge in [-0.25, -0.2) is 0 Å². The molecule has 0 heterocycles. The molecule has 0 unspecified atom stereocenters. The van der Waals surface area contributed by atoms with Gasteiger partial charge in [0, 0.05) is 0 Å². The summed E-state index contributed by atoms with van der Waals surface area (Å²) >= 11 is 3.32. The van der Waals surface area contributed by atoms with Crippen molar-refractivity contribution < 1.29 is 22.6 Å². The van der Waals surface area contributed by atoms with Gasteiger partial charge in [0.05, 0.1) is 17.1 Å². The van der Waals surface area contributed by atoms with E-state index in [0.717, 1.165) is 12.1 Å². The van der Waals surface area contributed by atoms with E-state index in [9.17, 15) is 13.2 Å². The summed E-state index contributed by atoms with van der Waals surface area (Å²) in [5, 5.41) is 0. The summed E-state index contributed by atoms with van der Waals surface area (Å²) in [7, 11) is 1.55. The summed E-state index contributed by atoms with van der Waals surface area (Å²) in [5.74, 6) is 1.20. The van der Waals surface area contributed by atoms with Crippen LogP contribution in [-0.4, -0.2) is 7.11 Å². The van der Waals surface area contributed by atoms with Gasteiger partial charge in [0.2, 0.25) is 0 Å². The van der Waals surface area contributed by atoms with E-state index in [0.29, 0.717) is 21.5 Å². The Morgan fingerprint density at radius 3 is 2.48 bits per heavy atom. The third-order valence-corrected chi connectivity index (χ3v) is 3.41. The molecule has 0 N–H and O–H groups in total. The minimum atomic E-state index is -4.35. The quantitative estimate of drug-likeness (QED) is 0.758. The molecule has 0 amide bonds. The van der Waals surface area contributed by atoms with Crippen LogP contribution in [0, 0.1) is 0 Å². The van der Waals surface area contributed by atoms with Crippen molar-refractivity contribution in [2.24, 2.45) is 0 Å². The molecule has 0 aliphatic heterocycles. The predicted molar refractivity (Wildman–Crippen MR) is 76.5 cm³/mol. The van der Waals surface area contributed by atoms with Crippen LogP contribution in [0.1, 0.15) is 11.1 Å². The van der Waals surface area contributed by atoms with E-state index >= 15 is 0 Å². The lowest BCUT2D eigenvalue weighted by atomic mass is 10.1. The Bertz CT molecular complexity index is 627. The molecule has 0 saturated carbocycles. The van der Waals surface area contributed by atoms with E-state index in [-0.39, 0.29) is 6.61 Å². The van der Waals surface area contributed by atoms with E-state index in [1.165, 1.54) is 6.07 Å². The van der Waals surface area contributed by atoms with Gasteiger partial charge in [-0.05, 0) is 51.8 Å². The molecular weight excluding hydrogens is 349 g/mol. The van der Waals surface area contributed by atoms with E-state index in [2.05, 4.69) is 15.9 Å². The average molecular weight is 361 g/mol. The molecule has 0 aliphatic carbocycles. The fraction of sp³-hybridized carbons (Fsp3) is 0.200. The highest BCUT2D eigenvalue weighted by Crippen LogP contribution is 2.31. The fourth-order valence-corrected chi connectivity index (χ4v) is 2.20. The lowest BCUT2D eigenvalue weighted by Gasteiger charge is -2.11. The highest BCUT2D eigenvalue weighted by molar-refractivity contribution is 9.10. The molecule has 2 nitrogen and oxygen atoms in total. The molecular formula is C15H12BrF3O2. The number of benzene rings is 2. The summed E-state index contributed by atoms with van der Waals surface area (Å²) in [4.78, 5) is 0. The highest BCUT2D eigenvalue weighted by Gasteiger charge is 2.30. The molecule has 0 radical (unpaired) electrons. The molecule has 0 atom stereocenters. The number of ether oxygens (including phenoxy) is 2. The number of alkyl halides is 3. The van der Waals surface area contributed by atoms with Gasteiger partial charge < -0.3 is 9.47 Å². The Morgan fingerprint density at radius 1 is 1.10 bits per heavy atom. The smallest absolute Gasteiger partial charge is 0.416 e. The normalized spacial score (nSPS) is 11.3. The van der Waals surface area contributed by atoms with Gasteiger partial charge in [-0.15, -0.1) is 0 Å². The lowest BCUT2D eigenvalue weighted by Crippen LogP contribution is -2.06. The maximum atomic E-state index is 12.6. The molecule has 0 aliphatic rings. The van der Waals surface area contributed by atoms with Gasteiger partial charge in [0.25, 0.3) is 0 Å². The molecule has 0 fully saturated rings. The van der Waals surface area contributed by atoms with Crippen molar-refractivity contribution in [3.05, 3.63) is 58.1 Å². The first-order valence-corrected chi connectivity index (χ1v) is 6.82. The van der Waals surface area contributed by atoms with E-state index in [4.69, 9.17) is 9.47 Å². The van der Waals surface area contributed by atoms with Crippen LogP contribution < -0.4 is 9.47 Å². The molecule has 112 valence electrons. The minimum Gasteiger partial charge on any atom is -0.497 e. The zero-order valence-corrected chi connectivity index (χ0v) is 12.7. The monoisotopic (exact) mass is 360 g/mol. The molecule has 0 saturated heterocycles. The third kappa shape index (κ3) is 4.14. The molecule has 6 heteroatoms. The third-order valence-electron chi connectivity index (χ3n) is 2.79. The Hall–Kier alpha value is -1.69. The van der Waals surface area contributed by atoms with Crippen molar-refractivity contribution in [2.45, 2.75) is 12.8 Å². The largest absolute Gasteiger partial charge is 0.497 e. The van der Waals surface area contributed by atoms with Gasteiger partial charge in [-0.3, -0.25) is 0 Å². The SMILES string of the molecule is COc1ccc(OCc2cccc(C(F)(F)F)c2)c(Br)c1. The van der Waals surface area contributed by atoms with Crippen LogP contribution in [0.4, 0.5) is 13.2 Å². The molecule has 2 aromatic carbocycles. The van der Waals surface area contributed by atoms with Crippen molar-refractivity contribution in [2.75, 3.05) is 7.11 Å². The predicted octanol–water partition coefficient (Wildman–Crippen LogP) is 5.06. The first-order chi connectivity index (χ1) is 9.90. The Kier molecular flexibility index (Phi) is 4.77. The van der Waals surface area contributed by atoms with Crippen LogP contribution in [0.2, 0.25) is 0 Å². The topological polar surface area (TPSA) is 18.5 Å². The summed E-state index contributed by atoms with van der Waals surface area (Å²) in [6, 6.07) is 10.2. The molecule has 0 bridgehead atoms. The van der Waals surface area contributed by atoms with Crippen LogP contribution in [0.5, 0.6) is 11.5 Å². The molecule has 2 aromatic rings. The average Bonchev–Trinajstić information content (AvgIpc) is 2.45. The Labute approximate surface area is 128 Å². The van der Waals surface area contributed by atoms with Gasteiger partial charge >= 0.3 is 6.18 Å². The zero-order valence-electron chi connectivity index (χ0n) is 11.1. The summed E-state index contributed by atoms with van der Waals surface area (Å²) in [5.41, 5.74) is -0.232. The second kappa shape index (κ2) is 6.39. The minimum absolute atomic E-state index is 0.0504. The van der Waals surface area contributed by atoms with Crippen molar-refractivity contribution in [1.82, 2.24) is 0 Å². The number of hydrogen-bond donors (Lipinski definition) is 0. The number of halogens is 4. The van der Waals surface area contributed by atoms with Crippen LogP contribution in [-0.2, 0) is 12.8 Å². The first kappa shape index (κ1) is 15.7. The maximum absolute atomic E-state index is 12.6. The van der Waals surface area contributed by atoms with Crippen LogP contribution in [0.25, 0.3) is 0 Å². The van der Waals surface area contributed by atoms with Crippen molar-refractivity contribution in [3.8, 4) is 11.5 Å². The summed E-state index contributed by atoms with van der Waals surface area (Å²) < 4.78 is 49.1. The van der Waals surface area contributed by atoms with Crippen molar-refractivity contribution >= 4 is 15.9 Å². The zero-order chi connectivity index (χ0) is 15.5. The number of methoxy groups -OCH3 is 1. The lowest BCUT2D eigenvalue weighted by molar-refractivity contribution is -0.137. The van der Waals surface area contributed by atoms with Crippen molar-refractivity contribution in [3.63, 3.8) is 0 Å². The van der Waals surface area contributed by atoms with Crippen molar-refractivity contribution in [1.29, 1.82) is 0 Å². The highest BCUT2D eigenvalue weighted by atomic mass is 79.9. The molecule has 0 spiro atoms. The second-order valence-corrected chi connectivity index (χ2v) is 5.14. The second-order valence-electron chi connectivity index (χ2n) is 4.28. The fourth-order valence-electron chi connectivity index (χ4n) is 1.72. The molecule has 2 rings (SSSR count). The summed E-state index contributed by atoms with van der Waals surface area (Å²) in [6.07, 6.45) is -4.35.